The average Bonchev–Trinajstić information content (AvgIpc) is 3.10. The third-order valence-corrected chi connectivity index (χ3v) is 3.40. The molecule has 0 bridgehead atoms. The molecule has 22 heavy (non-hydrogen) atoms. The van der Waals surface area contributed by atoms with Gasteiger partial charge in [0.05, 0.1) is 30.6 Å². The normalized spacial score (nSPS) is 14.3. The highest BCUT2D eigenvalue weighted by Gasteiger charge is 2.26. The van der Waals surface area contributed by atoms with Crippen LogP contribution in [0.15, 0.2) is 30.5 Å². The van der Waals surface area contributed by atoms with Crippen LogP contribution < -0.4 is 15.8 Å². The number of anilines is 1. The summed E-state index contributed by atoms with van der Waals surface area (Å²) < 4.78 is 5.26. The Kier molecular flexibility index (Phi) is 3.69. The predicted molar refractivity (Wildman–Crippen MR) is 86.2 cm³/mol. The Bertz CT molecular complexity index is 822. The van der Waals surface area contributed by atoms with Crippen LogP contribution in [-0.4, -0.2) is 24.5 Å². The summed E-state index contributed by atoms with van der Waals surface area (Å²) >= 11 is 0. The van der Waals surface area contributed by atoms with Crippen LogP contribution in [0.25, 0.3) is 11.6 Å². The molecule has 1 aromatic carbocycles. The second-order valence-corrected chi connectivity index (χ2v) is 4.71. The van der Waals surface area contributed by atoms with E-state index in [2.05, 4.69) is 22.1 Å². The van der Waals surface area contributed by atoms with Crippen molar-refractivity contribution in [3.05, 3.63) is 47.3 Å². The first-order valence-corrected chi connectivity index (χ1v) is 6.81. The minimum absolute atomic E-state index is 0.159. The second kappa shape index (κ2) is 5.80. The number of fused-ring (bicyclic) bond motifs is 1. The number of aromatic nitrogens is 1. The maximum Gasteiger partial charge on any atom is 0.256 e. The lowest BCUT2D eigenvalue weighted by molar-refractivity contribution is -0.110. The van der Waals surface area contributed by atoms with Crippen LogP contribution in [0.4, 0.5) is 5.69 Å². The van der Waals surface area contributed by atoms with E-state index in [-0.39, 0.29) is 12.5 Å². The first-order valence-electron chi connectivity index (χ1n) is 6.81. The van der Waals surface area contributed by atoms with E-state index in [1.807, 2.05) is 18.2 Å². The van der Waals surface area contributed by atoms with Gasteiger partial charge in [-0.25, -0.2) is 0 Å². The fourth-order valence-corrected chi connectivity index (χ4v) is 2.44. The van der Waals surface area contributed by atoms with Crippen molar-refractivity contribution < 1.29 is 9.53 Å². The lowest BCUT2D eigenvalue weighted by Gasteiger charge is -2.03. The summed E-state index contributed by atoms with van der Waals surface area (Å²) in [6, 6.07) is 7.40. The van der Waals surface area contributed by atoms with Crippen molar-refractivity contribution >= 4 is 23.2 Å². The molecule has 0 atom stereocenters. The van der Waals surface area contributed by atoms with E-state index in [1.165, 1.54) is 0 Å². The maximum atomic E-state index is 12.3. The Morgan fingerprint density at radius 2 is 2.23 bits per heavy atom. The number of ether oxygens (including phenoxy) is 1. The summed E-state index contributed by atoms with van der Waals surface area (Å²) in [4.78, 5) is 15.3. The molecule has 0 saturated carbocycles. The van der Waals surface area contributed by atoms with Gasteiger partial charge >= 0.3 is 0 Å². The quantitative estimate of drug-likeness (QED) is 0.583. The van der Waals surface area contributed by atoms with E-state index in [0.29, 0.717) is 11.3 Å². The van der Waals surface area contributed by atoms with Crippen LogP contribution in [-0.2, 0) is 4.79 Å². The molecule has 5 nitrogen and oxygen atoms in total. The van der Waals surface area contributed by atoms with Crippen LogP contribution in [0.2, 0.25) is 0 Å². The van der Waals surface area contributed by atoms with E-state index in [4.69, 9.17) is 10.5 Å². The molecule has 0 unspecified atom stereocenters. The zero-order chi connectivity index (χ0) is 15.5. The van der Waals surface area contributed by atoms with Gasteiger partial charge in [-0.3, -0.25) is 4.79 Å². The van der Waals surface area contributed by atoms with Gasteiger partial charge in [-0.15, -0.1) is 0 Å². The second-order valence-electron chi connectivity index (χ2n) is 4.71. The van der Waals surface area contributed by atoms with E-state index in [9.17, 15) is 4.79 Å². The number of H-pyrrole nitrogens is 1. The van der Waals surface area contributed by atoms with E-state index in [1.54, 1.807) is 25.4 Å². The van der Waals surface area contributed by atoms with Crippen molar-refractivity contribution in [2.45, 2.75) is 0 Å². The van der Waals surface area contributed by atoms with Gasteiger partial charge < -0.3 is 20.8 Å². The van der Waals surface area contributed by atoms with Crippen LogP contribution in [0.3, 0.4) is 0 Å². The summed E-state index contributed by atoms with van der Waals surface area (Å²) in [6.45, 7) is 0.272. The third-order valence-electron chi connectivity index (χ3n) is 3.40. The maximum absolute atomic E-state index is 12.3. The third kappa shape index (κ3) is 2.36. The number of carbonyl (C=O) groups excluding carboxylic acids is 1. The molecule has 3 rings (SSSR count). The summed E-state index contributed by atoms with van der Waals surface area (Å²) in [5.74, 6) is 6.37. The molecule has 5 heteroatoms. The number of benzene rings is 1. The number of nitrogens with two attached hydrogens (primary N) is 1. The minimum Gasteiger partial charge on any atom is -0.495 e. The van der Waals surface area contributed by atoms with E-state index in [0.717, 1.165) is 22.5 Å². The number of methoxy groups -OCH3 is 1. The van der Waals surface area contributed by atoms with Gasteiger partial charge in [0.15, 0.2) is 0 Å². The zero-order valence-corrected chi connectivity index (χ0v) is 12.1. The number of carbonyl (C=O) groups is 1. The number of hydrogen-bond donors (Lipinski definition) is 3. The molecule has 2 aromatic rings. The largest absolute Gasteiger partial charge is 0.495 e. The van der Waals surface area contributed by atoms with Crippen molar-refractivity contribution in [2.24, 2.45) is 5.73 Å². The van der Waals surface area contributed by atoms with Crippen molar-refractivity contribution in [1.82, 2.24) is 4.98 Å². The molecule has 0 spiro atoms. The molecule has 0 fully saturated rings. The summed E-state index contributed by atoms with van der Waals surface area (Å²) in [7, 11) is 1.59. The topological polar surface area (TPSA) is 80.1 Å². The van der Waals surface area contributed by atoms with Gasteiger partial charge in [0.1, 0.15) is 5.75 Å². The molecule has 4 N–H and O–H groups in total. The smallest absolute Gasteiger partial charge is 0.256 e. The molecule has 1 aliphatic heterocycles. The van der Waals surface area contributed by atoms with Crippen molar-refractivity contribution in [1.29, 1.82) is 0 Å². The Morgan fingerprint density at radius 3 is 3.00 bits per heavy atom. The van der Waals surface area contributed by atoms with Crippen LogP contribution in [0, 0.1) is 11.8 Å². The molecule has 110 valence electrons. The highest BCUT2D eigenvalue weighted by atomic mass is 16.5. The van der Waals surface area contributed by atoms with Crippen LogP contribution in [0.1, 0.15) is 16.8 Å². The van der Waals surface area contributed by atoms with Gasteiger partial charge in [0, 0.05) is 17.3 Å². The lowest BCUT2D eigenvalue weighted by Crippen LogP contribution is -2.03. The Hall–Kier alpha value is -2.97. The zero-order valence-electron chi connectivity index (χ0n) is 12.1. The summed E-state index contributed by atoms with van der Waals surface area (Å²) in [5.41, 5.74) is 9.06. The molecular formula is C17H15N3O2. The standard InChI is InChI=1S/C17H15N3O2/c1-22-15-7-9-19-14(15)10-12-16-11(5-3-8-18)4-2-6-13(16)20-17(12)21/h2,4,6-7,9-10,19H,8,18H2,1H3,(H,20,21). The summed E-state index contributed by atoms with van der Waals surface area (Å²) in [6.07, 6.45) is 3.53. The fraction of sp³-hybridized carbons (Fsp3) is 0.118. The number of aromatic amines is 1. The number of hydrogen-bond acceptors (Lipinski definition) is 3. The molecule has 1 amide bonds. The fourth-order valence-electron chi connectivity index (χ4n) is 2.44. The van der Waals surface area contributed by atoms with E-state index >= 15 is 0 Å². The molecule has 0 aliphatic carbocycles. The van der Waals surface area contributed by atoms with Crippen molar-refractivity contribution in [2.75, 3.05) is 19.0 Å². The highest BCUT2D eigenvalue weighted by molar-refractivity contribution is 6.35. The minimum atomic E-state index is -0.159. The van der Waals surface area contributed by atoms with Crippen LogP contribution >= 0.6 is 0 Å². The van der Waals surface area contributed by atoms with Crippen molar-refractivity contribution in [3.8, 4) is 17.6 Å². The van der Waals surface area contributed by atoms with Gasteiger partial charge in [-0.1, -0.05) is 17.9 Å². The van der Waals surface area contributed by atoms with E-state index < -0.39 is 0 Å². The predicted octanol–water partition coefficient (Wildman–Crippen LogP) is 1.83. The highest BCUT2D eigenvalue weighted by Crippen LogP contribution is 2.36. The number of amides is 1. The molecule has 0 saturated heterocycles. The van der Waals surface area contributed by atoms with Gasteiger partial charge in [-0.2, -0.15) is 0 Å². The Morgan fingerprint density at radius 1 is 1.36 bits per heavy atom. The SMILES string of the molecule is COc1cc[nH]c1C=C1C(=O)Nc2cccc(C#CCN)c21. The molecule has 1 aliphatic rings. The molecule has 2 heterocycles. The van der Waals surface area contributed by atoms with Crippen molar-refractivity contribution in [3.63, 3.8) is 0 Å². The monoisotopic (exact) mass is 293 g/mol. The average molecular weight is 293 g/mol. The Labute approximate surface area is 128 Å². The van der Waals surface area contributed by atoms with Gasteiger partial charge in [0.2, 0.25) is 0 Å². The molecule has 0 radical (unpaired) electrons. The Balaban J connectivity index is 2.15. The van der Waals surface area contributed by atoms with Gasteiger partial charge in [0.25, 0.3) is 5.91 Å². The first kappa shape index (κ1) is 14.0. The first-order chi connectivity index (χ1) is 10.7. The summed E-state index contributed by atoms with van der Waals surface area (Å²) in [5, 5.41) is 2.85. The molecule has 1 aromatic heterocycles. The van der Waals surface area contributed by atoms with Crippen LogP contribution in [0.5, 0.6) is 5.75 Å². The molecular weight excluding hydrogens is 278 g/mol. The lowest BCUT2D eigenvalue weighted by atomic mass is 9.99. The van der Waals surface area contributed by atoms with Gasteiger partial charge in [-0.05, 0) is 24.3 Å². The number of nitrogens with one attached hydrogen (secondary N) is 2. The number of rotatable bonds is 2.